The molecule has 3 aliphatic rings. The minimum Gasteiger partial charge on any atom is -0.410 e. The van der Waals surface area contributed by atoms with Crippen LogP contribution in [0.4, 0.5) is 4.79 Å². The Morgan fingerprint density at radius 1 is 0.971 bits per heavy atom. The van der Waals surface area contributed by atoms with Crippen molar-refractivity contribution in [3.63, 3.8) is 0 Å². The van der Waals surface area contributed by atoms with E-state index in [4.69, 9.17) is 4.74 Å². The van der Waals surface area contributed by atoms with Gasteiger partial charge >= 0.3 is 6.09 Å². The molecule has 2 aliphatic heterocycles. The second kappa shape index (κ2) is 9.22. The van der Waals surface area contributed by atoms with Gasteiger partial charge in [0.05, 0.1) is 11.1 Å². The second-order valence-corrected chi connectivity index (χ2v) is 9.64. The summed E-state index contributed by atoms with van der Waals surface area (Å²) in [6, 6.07) is 13.6. The van der Waals surface area contributed by atoms with E-state index < -0.39 is 0 Å². The molecule has 7 heteroatoms. The van der Waals surface area contributed by atoms with Crippen LogP contribution in [0.2, 0.25) is 0 Å². The van der Waals surface area contributed by atoms with Gasteiger partial charge in [-0.15, -0.1) is 0 Å². The Balaban J connectivity index is 1.17. The van der Waals surface area contributed by atoms with Gasteiger partial charge in [0, 0.05) is 32.6 Å². The molecule has 0 aromatic heterocycles. The molecule has 0 unspecified atom stereocenters. The number of likely N-dealkylation sites (tertiary alicyclic amines) is 1. The van der Waals surface area contributed by atoms with Crippen LogP contribution in [-0.4, -0.2) is 72.4 Å². The van der Waals surface area contributed by atoms with Crippen molar-refractivity contribution in [3.05, 3.63) is 64.7 Å². The van der Waals surface area contributed by atoms with Crippen molar-refractivity contribution in [3.8, 4) is 5.75 Å². The molecule has 3 amide bonds. The highest BCUT2D eigenvalue weighted by Crippen LogP contribution is 2.44. The zero-order valence-electron chi connectivity index (χ0n) is 19.8. The van der Waals surface area contributed by atoms with Gasteiger partial charge in [-0.25, -0.2) is 4.79 Å². The van der Waals surface area contributed by atoms with Crippen LogP contribution in [0.25, 0.3) is 0 Å². The summed E-state index contributed by atoms with van der Waals surface area (Å²) in [6.45, 7) is 2.48. The Morgan fingerprint density at radius 2 is 1.68 bits per heavy atom. The topological polar surface area (TPSA) is 70.2 Å². The number of benzene rings is 2. The molecule has 34 heavy (non-hydrogen) atoms. The zero-order chi connectivity index (χ0) is 23.8. The Bertz CT molecular complexity index is 1090. The largest absolute Gasteiger partial charge is 0.414 e. The van der Waals surface area contributed by atoms with E-state index in [-0.39, 0.29) is 17.9 Å². The van der Waals surface area contributed by atoms with Crippen molar-refractivity contribution in [2.45, 2.75) is 44.1 Å². The third kappa shape index (κ3) is 3.98. The lowest BCUT2D eigenvalue weighted by atomic mass is 9.79. The van der Waals surface area contributed by atoms with E-state index in [2.05, 4.69) is 11.0 Å². The number of ether oxygens (including phenoxy) is 1. The summed E-state index contributed by atoms with van der Waals surface area (Å²) >= 11 is 0. The van der Waals surface area contributed by atoms with Gasteiger partial charge in [-0.1, -0.05) is 24.3 Å². The van der Waals surface area contributed by atoms with Gasteiger partial charge in [-0.3, -0.25) is 19.4 Å². The summed E-state index contributed by atoms with van der Waals surface area (Å²) in [7, 11) is 3.38. The molecule has 0 radical (unpaired) electrons. The standard InChI is InChI=1S/C27H31N3O4/c1-28(2)27(33)34-24-11-7-10-18-19-14-17-29(23(19)13-12-20(18)24)15-5-6-16-30-25(31)21-8-3-4-9-22(21)26(30)32/h3-4,7-11,19,23H,5-6,12-17H2,1-2H3/t19-,23+/m0/s1. The van der Waals surface area contributed by atoms with Crippen LogP contribution in [0.15, 0.2) is 42.5 Å². The molecule has 2 atom stereocenters. The Morgan fingerprint density at radius 3 is 2.38 bits per heavy atom. The molecule has 0 bridgehead atoms. The summed E-state index contributed by atoms with van der Waals surface area (Å²) in [6.07, 6.45) is 4.46. The third-order valence-electron chi connectivity index (χ3n) is 7.44. The fraction of sp³-hybridized carbons (Fsp3) is 0.444. The number of hydrogen-bond donors (Lipinski definition) is 0. The first kappa shape index (κ1) is 22.6. The average Bonchev–Trinajstić information content (AvgIpc) is 3.36. The lowest BCUT2D eigenvalue weighted by Crippen LogP contribution is -2.36. The Kier molecular flexibility index (Phi) is 6.13. The van der Waals surface area contributed by atoms with Gasteiger partial charge < -0.3 is 9.64 Å². The van der Waals surface area contributed by atoms with Gasteiger partial charge in [0.1, 0.15) is 5.75 Å². The SMILES string of the molecule is CN(C)C(=O)Oc1cccc2c1CC[C@@H]1[C@H]2CCN1CCCCN1C(=O)c2ccccc2C1=O. The van der Waals surface area contributed by atoms with E-state index >= 15 is 0 Å². The monoisotopic (exact) mass is 461 g/mol. The maximum Gasteiger partial charge on any atom is 0.414 e. The fourth-order valence-corrected chi connectivity index (χ4v) is 5.74. The molecule has 1 fully saturated rings. The molecule has 2 aromatic rings. The number of carbonyl (C=O) groups excluding carboxylic acids is 3. The minimum atomic E-state index is -0.346. The van der Waals surface area contributed by atoms with Crippen LogP contribution in [-0.2, 0) is 6.42 Å². The fourth-order valence-electron chi connectivity index (χ4n) is 5.74. The Hall–Kier alpha value is -3.19. The summed E-state index contributed by atoms with van der Waals surface area (Å²) in [5.74, 6) is 0.806. The van der Waals surface area contributed by atoms with E-state index in [1.165, 1.54) is 20.9 Å². The molecule has 1 aliphatic carbocycles. The number of fused-ring (bicyclic) bond motifs is 4. The molecule has 0 N–H and O–H groups in total. The summed E-state index contributed by atoms with van der Waals surface area (Å²) in [4.78, 5) is 42.6. The number of unbranched alkanes of at least 4 members (excludes halogenated alkanes) is 1. The summed E-state index contributed by atoms with van der Waals surface area (Å²) < 4.78 is 5.63. The molecule has 0 spiro atoms. The number of hydrogen-bond acceptors (Lipinski definition) is 5. The van der Waals surface area contributed by atoms with E-state index in [0.717, 1.165) is 45.2 Å². The van der Waals surface area contributed by atoms with E-state index in [1.807, 2.05) is 12.1 Å². The first-order chi connectivity index (χ1) is 16.5. The van der Waals surface area contributed by atoms with Gasteiger partial charge in [-0.2, -0.15) is 0 Å². The lowest BCUT2D eigenvalue weighted by Gasteiger charge is -2.34. The van der Waals surface area contributed by atoms with E-state index in [0.29, 0.717) is 35.4 Å². The molecular weight excluding hydrogens is 430 g/mol. The molecule has 5 rings (SSSR count). The van der Waals surface area contributed by atoms with Crippen LogP contribution < -0.4 is 4.74 Å². The molecule has 178 valence electrons. The lowest BCUT2D eigenvalue weighted by molar-refractivity contribution is 0.0649. The predicted molar refractivity (Wildman–Crippen MR) is 128 cm³/mol. The molecule has 0 saturated carbocycles. The highest BCUT2D eigenvalue weighted by Gasteiger charge is 2.39. The van der Waals surface area contributed by atoms with Gasteiger partial charge in [0.15, 0.2) is 0 Å². The maximum absolute atomic E-state index is 12.6. The number of carbonyl (C=O) groups is 3. The van der Waals surface area contributed by atoms with Crippen LogP contribution in [0.5, 0.6) is 5.75 Å². The van der Waals surface area contributed by atoms with Gasteiger partial charge in [0.2, 0.25) is 0 Å². The molecule has 2 heterocycles. The molecule has 7 nitrogen and oxygen atoms in total. The van der Waals surface area contributed by atoms with Gasteiger partial charge in [-0.05, 0) is 74.5 Å². The number of rotatable bonds is 6. The van der Waals surface area contributed by atoms with Crippen LogP contribution >= 0.6 is 0 Å². The highest BCUT2D eigenvalue weighted by atomic mass is 16.6. The first-order valence-corrected chi connectivity index (χ1v) is 12.2. The van der Waals surface area contributed by atoms with Crippen molar-refractivity contribution >= 4 is 17.9 Å². The number of nitrogens with zero attached hydrogens (tertiary/aromatic N) is 3. The highest BCUT2D eigenvalue weighted by molar-refractivity contribution is 6.21. The smallest absolute Gasteiger partial charge is 0.410 e. The van der Waals surface area contributed by atoms with Crippen molar-refractivity contribution in [1.82, 2.24) is 14.7 Å². The summed E-state index contributed by atoms with van der Waals surface area (Å²) in [5, 5.41) is 0. The van der Waals surface area contributed by atoms with Crippen LogP contribution in [0, 0.1) is 0 Å². The molecular formula is C27H31N3O4. The number of imide groups is 1. The van der Waals surface area contributed by atoms with Gasteiger partial charge in [0.25, 0.3) is 11.8 Å². The summed E-state index contributed by atoms with van der Waals surface area (Å²) in [5.41, 5.74) is 3.53. The predicted octanol–water partition coefficient (Wildman–Crippen LogP) is 3.93. The number of amides is 3. The average molecular weight is 462 g/mol. The zero-order valence-corrected chi connectivity index (χ0v) is 19.8. The van der Waals surface area contributed by atoms with Crippen molar-refractivity contribution in [1.29, 1.82) is 0 Å². The van der Waals surface area contributed by atoms with Crippen molar-refractivity contribution < 1.29 is 19.1 Å². The normalized spacial score (nSPS) is 21.3. The first-order valence-electron chi connectivity index (χ1n) is 12.2. The van der Waals surface area contributed by atoms with Crippen LogP contribution in [0.3, 0.4) is 0 Å². The van der Waals surface area contributed by atoms with Crippen molar-refractivity contribution in [2.75, 3.05) is 33.7 Å². The molecule has 2 aromatic carbocycles. The second-order valence-electron chi connectivity index (χ2n) is 9.64. The van der Waals surface area contributed by atoms with E-state index in [9.17, 15) is 14.4 Å². The van der Waals surface area contributed by atoms with Crippen molar-refractivity contribution in [2.24, 2.45) is 0 Å². The third-order valence-corrected chi connectivity index (χ3v) is 7.44. The quantitative estimate of drug-likeness (QED) is 0.482. The molecule has 1 saturated heterocycles. The van der Waals surface area contributed by atoms with E-state index in [1.54, 1.807) is 38.4 Å². The maximum atomic E-state index is 12.6. The van der Waals surface area contributed by atoms with Crippen LogP contribution in [0.1, 0.15) is 63.4 Å². The Labute approximate surface area is 200 Å². The minimum absolute atomic E-state index is 0.170.